The zero-order valence-electron chi connectivity index (χ0n) is 14.9. The fourth-order valence-corrected chi connectivity index (χ4v) is 5.44. The summed E-state index contributed by atoms with van der Waals surface area (Å²) >= 11 is 7.03. The van der Waals surface area contributed by atoms with E-state index in [1.165, 1.54) is 17.4 Å². The van der Waals surface area contributed by atoms with Crippen LogP contribution >= 0.6 is 22.9 Å². The van der Waals surface area contributed by atoms with E-state index in [1.807, 2.05) is 0 Å². The van der Waals surface area contributed by atoms with E-state index in [0.717, 1.165) is 0 Å². The van der Waals surface area contributed by atoms with Crippen LogP contribution in [0.15, 0.2) is 46.0 Å². The third kappa shape index (κ3) is 5.32. The highest BCUT2D eigenvalue weighted by molar-refractivity contribution is 7.91. The number of likely N-dealkylation sites (tertiary alicyclic amines) is 1. The minimum Gasteiger partial charge on any atom is -0.343 e. The van der Waals surface area contributed by atoms with Crippen LogP contribution in [0.1, 0.15) is 23.2 Å². The van der Waals surface area contributed by atoms with Crippen LogP contribution in [-0.2, 0) is 14.8 Å². The van der Waals surface area contributed by atoms with E-state index in [1.54, 1.807) is 40.6 Å². The predicted octanol–water partition coefficient (Wildman–Crippen LogP) is 2.10. The molecule has 1 aromatic carbocycles. The van der Waals surface area contributed by atoms with Crippen molar-refractivity contribution in [3.63, 3.8) is 0 Å². The van der Waals surface area contributed by atoms with Crippen molar-refractivity contribution >= 4 is 44.8 Å². The lowest BCUT2D eigenvalue weighted by Gasteiger charge is -2.32. The van der Waals surface area contributed by atoms with Gasteiger partial charge < -0.3 is 10.2 Å². The fourth-order valence-electron chi connectivity index (χ4n) is 2.94. The third-order valence-corrected chi connectivity index (χ3v) is 7.57. The van der Waals surface area contributed by atoms with E-state index in [0.29, 0.717) is 36.5 Å². The van der Waals surface area contributed by atoms with Crippen LogP contribution in [-0.4, -0.2) is 50.8 Å². The van der Waals surface area contributed by atoms with Gasteiger partial charge in [-0.1, -0.05) is 23.7 Å². The van der Waals surface area contributed by atoms with Crippen molar-refractivity contribution in [2.45, 2.75) is 23.1 Å². The second kappa shape index (κ2) is 9.04. The number of piperidine rings is 1. The summed E-state index contributed by atoms with van der Waals surface area (Å²) in [7, 11) is -3.51. The molecule has 0 radical (unpaired) electrons. The Morgan fingerprint density at radius 1 is 1.18 bits per heavy atom. The highest BCUT2D eigenvalue weighted by Gasteiger charge is 2.27. The van der Waals surface area contributed by atoms with E-state index in [4.69, 9.17) is 11.6 Å². The van der Waals surface area contributed by atoms with Crippen molar-refractivity contribution in [2.75, 3.05) is 19.6 Å². The summed E-state index contributed by atoms with van der Waals surface area (Å²) in [4.78, 5) is 26.0. The molecule has 1 aliphatic heterocycles. The smallest absolute Gasteiger partial charge is 0.251 e. The van der Waals surface area contributed by atoms with Crippen molar-refractivity contribution in [3.05, 3.63) is 52.4 Å². The summed E-state index contributed by atoms with van der Waals surface area (Å²) in [5.74, 6) is -0.565. The first kappa shape index (κ1) is 20.8. The van der Waals surface area contributed by atoms with Gasteiger partial charge in [0.15, 0.2) is 0 Å². The molecule has 10 heteroatoms. The molecule has 150 valence electrons. The second-order valence-corrected chi connectivity index (χ2v) is 9.73. The lowest BCUT2D eigenvalue weighted by molar-refractivity contribution is -0.131. The normalized spacial score (nSPS) is 15.4. The maximum atomic E-state index is 12.3. The van der Waals surface area contributed by atoms with Crippen molar-refractivity contribution in [1.82, 2.24) is 14.9 Å². The molecule has 2 heterocycles. The van der Waals surface area contributed by atoms with Crippen LogP contribution < -0.4 is 10.0 Å². The van der Waals surface area contributed by atoms with Gasteiger partial charge in [-0.15, -0.1) is 11.3 Å². The molecule has 3 rings (SSSR count). The van der Waals surface area contributed by atoms with Gasteiger partial charge in [0.05, 0.1) is 6.54 Å². The van der Waals surface area contributed by atoms with E-state index in [2.05, 4.69) is 10.0 Å². The van der Waals surface area contributed by atoms with Crippen LogP contribution in [0.3, 0.4) is 0 Å². The standard InChI is InChI=1S/C18H20ClN3O4S2/c19-14-4-1-3-13(11-14)18(24)20-12-16(23)22-8-6-15(7-9-22)21-28(25,26)17-5-2-10-27-17/h1-5,10-11,15,21H,6-9,12H2,(H,20,24). The number of hydrogen-bond donors (Lipinski definition) is 2. The van der Waals surface area contributed by atoms with Gasteiger partial charge in [-0.3, -0.25) is 9.59 Å². The molecule has 0 unspecified atom stereocenters. The van der Waals surface area contributed by atoms with Crippen molar-refractivity contribution < 1.29 is 18.0 Å². The maximum absolute atomic E-state index is 12.3. The van der Waals surface area contributed by atoms with Crippen molar-refractivity contribution in [3.8, 4) is 0 Å². The number of rotatable bonds is 6. The first-order chi connectivity index (χ1) is 13.3. The molecule has 1 fully saturated rings. The average molecular weight is 442 g/mol. The zero-order chi connectivity index (χ0) is 20.1. The van der Waals surface area contributed by atoms with Gasteiger partial charge in [-0.2, -0.15) is 0 Å². The Balaban J connectivity index is 1.45. The molecule has 0 spiro atoms. The molecule has 2 aromatic rings. The fraction of sp³-hybridized carbons (Fsp3) is 0.333. The largest absolute Gasteiger partial charge is 0.343 e. The lowest BCUT2D eigenvalue weighted by atomic mass is 10.1. The predicted molar refractivity (Wildman–Crippen MR) is 108 cm³/mol. The third-order valence-electron chi connectivity index (χ3n) is 4.42. The van der Waals surface area contributed by atoms with Crippen LogP contribution in [0.4, 0.5) is 0 Å². The topological polar surface area (TPSA) is 95.6 Å². The number of sulfonamides is 1. The summed E-state index contributed by atoms with van der Waals surface area (Å²) in [5, 5.41) is 4.76. The van der Waals surface area contributed by atoms with Crippen LogP contribution in [0, 0.1) is 0 Å². The Morgan fingerprint density at radius 2 is 1.93 bits per heavy atom. The van der Waals surface area contributed by atoms with Gasteiger partial charge in [0.25, 0.3) is 5.91 Å². The minimum absolute atomic E-state index is 0.114. The highest BCUT2D eigenvalue weighted by atomic mass is 35.5. The monoisotopic (exact) mass is 441 g/mol. The van der Waals surface area contributed by atoms with Gasteiger partial charge in [-0.25, -0.2) is 13.1 Å². The first-order valence-electron chi connectivity index (χ1n) is 8.72. The Kier molecular flexibility index (Phi) is 6.71. The molecule has 0 aliphatic carbocycles. The molecular weight excluding hydrogens is 422 g/mol. The summed E-state index contributed by atoms with van der Waals surface area (Å²) < 4.78 is 27.5. The minimum atomic E-state index is -3.51. The van der Waals surface area contributed by atoms with Gasteiger partial charge in [0, 0.05) is 29.7 Å². The first-order valence-corrected chi connectivity index (χ1v) is 11.5. The van der Waals surface area contributed by atoms with Gasteiger partial charge in [0.1, 0.15) is 4.21 Å². The molecule has 0 saturated carbocycles. The van der Waals surface area contributed by atoms with Gasteiger partial charge >= 0.3 is 0 Å². The van der Waals surface area contributed by atoms with Crippen LogP contribution in [0.25, 0.3) is 0 Å². The molecule has 1 saturated heterocycles. The number of carbonyl (C=O) groups is 2. The number of nitrogens with zero attached hydrogens (tertiary/aromatic N) is 1. The summed E-state index contributed by atoms with van der Waals surface area (Å²) in [6, 6.07) is 9.54. The summed E-state index contributed by atoms with van der Waals surface area (Å²) in [6.45, 7) is 0.754. The average Bonchev–Trinajstić information content (AvgIpc) is 3.22. The zero-order valence-corrected chi connectivity index (χ0v) is 17.3. The Morgan fingerprint density at radius 3 is 2.57 bits per heavy atom. The number of halogens is 1. The number of nitrogens with one attached hydrogen (secondary N) is 2. The SMILES string of the molecule is O=C(NCC(=O)N1CCC(NS(=O)(=O)c2cccs2)CC1)c1cccc(Cl)c1. The molecule has 28 heavy (non-hydrogen) atoms. The van der Waals surface area contributed by atoms with Crippen LogP contribution in [0.2, 0.25) is 5.02 Å². The molecule has 0 bridgehead atoms. The maximum Gasteiger partial charge on any atom is 0.251 e. The molecule has 0 atom stereocenters. The number of amides is 2. The van der Waals surface area contributed by atoms with Gasteiger partial charge in [0.2, 0.25) is 15.9 Å². The quantitative estimate of drug-likeness (QED) is 0.717. The second-order valence-electron chi connectivity index (χ2n) is 6.40. The van der Waals surface area contributed by atoms with Crippen molar-refractivity contribution in [2.24, 2.45) is 0 Å². The van der Waals surface area contributed by atoms with E-state index < -0.39 is 10.0 Å². The summed E-state index contributed by atoms with van der Waals surface area (Å²) in [5.41, 5.74) is 0.391. The number of hydrogen-bond acceptors (Lipinski definition) is 5. The molecular formula is C18H20ClN3O4S2. The molecule has 7 nitrogen and oxygen atoms in total. The van der Waals surface area contributed by atoms with E-state index in [9.17, 15) is 18.0 Å². The number of thiophene rings is 1. The Hall–Kier alpha value is -1.94. The molecule has 2 N–H and O–H groups in total. The molecule has 1 aliphatic rings. The van der Waals surface area contributed by atoms with Crippen molar-refractivity contribution in [1.29, 1.82) is 0 Å². The Labute approximate surface area is 172 Å². The summed E-state index contributed by atoms with van der Waals surface area (Å²) in [6.07, 6.45) is 1.05. The van der Waals surface area contributed by atoms with Crippen LogP contribution in [0.5, 0.6) is 0 Å². The molecule has 1 aromatic heterocycles. The van der Waals surface area contributed by atoms with Gasteiger partial charge in [-0.05, 0) is 42.5 Å². The highest BCUT2D eigenvalue weighted by Crippen LogP contribution is 2.19. The Bertz CT molecular complexity index is 940. The van der Waals surface area contributed by atoms with E-state index >= 15 is 0 Å². The van der Waals surface area contributed by atoms with E-state index in [-0.39, 0.29) is 28.6 Å². The molecule has 2 amide bonds. The lowest BCUT2D eigenvalue weighted by Crippen LogP contribution is -2.48. The number of carbonyl (C=O) groups excluding carboxylic acids is 2. The number of benzene rings is 1.